The molecule has 0 atom stereocenters. The second-order valence-corrected chi connectivity index (χ2v) is 6.04. The summed E-state index contributed by atoms with van der Waals surface area (Å²) in [6, 6.07) is 16.3. The smallest absolute Gasteiger partial charge is 0.307 e. The van der Waals surface area contributed by atoms with Gasteiger partial charge < -0.3 is 5.11 Å². The molecule has 0 saturated heterocycles. The van der Waals surface area contributed by atoms with Gasteiger partial charge in [-0.25, -0.2) is 0 Å². The summed E-state index contributed by atoms with van der Waals surface area (Å²) in [5.74, 6) is -0.799. The molecule has 2 aromatic rings. The molecule has 110 valence electrons. The average molecular weight is 308 g/mol. The molecule has 0 radical (unpaired) electrons. The van der Waals surface area contributed by atoms with Crippen LogP contribution in [0, 0.1) is 0 Å². The van der Waals surface area contributed by atoms with E-state index >= 15 is 0 Å². The molecule has 0 bridgehead atoms. The van der Waals surface area contributed by atoms with Crippen molar-refractivity contribution in [2.45, 2.75) is 11.3 Å². The van der Waals surface area contributed by atoms with Gasteiger partial charge in [-0.3, -0.25) is 4.79 Å². The fourth-order valence-electron chi connectivity index (χ4n) is 2.67. The molecule has 2 aromatic carbocycles. The van der Waals surface area contributed by atoms with E-state index in [1.54, 1.807) is 11.8 Å². The fraction of sp³-hybridized carbons (Fsp3) is 0.105. The van der Waals surface area contributed by atoms with E-state index in [1.165, 1.54) is 4.90 Å². The van der Waals surface area contributed by atoms with Gasteiger partial charge in [0.05, 0.1) is 6.42 Å². The van der Waals surface area contributed by atoms with E-state index in [2.05, 4.69) is 36.6 Å². The first-order valence-electron chi connectivity index (χ1n) is 7.05. The molecular formula is C19H16O2S. The van der Waals surface area contributed by atoms with E-state index in [9.17, 15) is 4.79 Å². The normalized spacial score (nSPS) is 14.8. The number of fused-ring (bicyclic) bond motifs is 1. The van der Waals surface area contributed by atoms with Crippen molar-refractivity contribution in [3.8, 4) is 0 Å². The molecule has 1 N–H and O–H groups in total. The Labute approximate surface area is 134 Å². The minimum atomic E-state index is -0.799. The van der Waals surface area contributed by atoms with Gasteiger partial charge in [0.1, 0.15) is 0 Å². The van der Waals surface area contributed by atoms with Crippen LogP contribution >= 0.6 is 11.8 Å². The molecule has 0 heterocycles. The first-order chi connectivity index (χ1) is 10.7. The van der Waals surface area contributed by atoms with Crippen LogP contribution in [0.3, 0.4) is 0 Å². The Bertz CT molecular complexity index is 770. The van der Waals surface area contributed by atoms with E-state index in [0.717, 1.165) is 27.8 Å². The summed E-state index contributed by atoms with van der Waals surface area (Å²) in [5, 5.41) is 9.07. The van der Waals surface area contributed by atoms with E-state index in [4.69, 9.17) is 5.11 Å². The van der Waals surface area contributed by atoms with Crippen LogP contribution in [0.4, 0.5) is 0 Å². The van der Waals surface area contributed by atoms with E-state index < -0.39 is 5.97 Å². The summed E-state index contributed by atoms with van der Waals surface area (Å²) in [4.78, 5) is 12.3. The lowest BCUT2D eigenvalue weighted by Crippen LogP contribution is -1.95. The number of allylic oxidation sites excluding steroid dienone is 2. The summed E-state index contributed by atoms with van der Waals surface area (Å²) in [6.45, 7) is 0. The lowest BCUT2D eigenvalue weighted by atomic mass is 10.0. The van der Waals surface area contributed by atoms with Gasteiger partial charge in [0.25, 0.3) is 0 Å². The quantitative estimate of drug-likeness (QED) is 0.823. The molecule has 0 saturated carbocycles. The van der Waals surface area contributed by atoms with E-state index in [-0.39, 0.29) is 6.42 Å². The predicted octanol–water partition coefficient (Wildman–Crippen LogP) is 4.82. The summed E-state index contributed by atoms with van der Waals surface area (Å²) in [7, 11) is 0. The lowest BCUT2D eigenvalue weighted by Gasteiger charge is -2.03. The Morgan fingerprint density at radius 3 is 2.41 bits per heavy atom. The summed E-state index contributed by atoms with van der Waals surface area (Å²) in [6.07, 6.45) is 6.21. The average Bonchev–Trinajstić information content (AvgIpc) is 2.86. The molecule has 0 spiro atoms. The van der Waals surface area contributed by atoms with Crippen LogP contribution < -0.4 is 0 Å². The largest absolute Gasteiger partial charge is 0.481 e. The van der Waals surface area contributed by atoms with Crippen molar-refractivity contribution in [1.82, 2.24) is 0 Å². The number of hydrogen-bond donors (Lipinski definition) is 1. The maximum Gasteiger partial charge on any atom is 0.307 e. The molecule has 1 aliphatic rings. The third kappa shape index (κ3) is 3.00. The minimum Gasteiger partial charge on any atom is -0.481 e. The number of carboxylic acid groups (broad SMARTS) is 1. The van der Waals surface area contributed by atoms with Crippen molar-refractivity contribution in [1.29, 1.82) is 0 Å². The number of rotatable bonds is 4. The molecule has 1 aliphatic carbocycles. The van der Waals surface area contributed by atoms with Gasteiger partial charge in [0.2, 0.25) is 0 Å². The van der Waals surface area contributed by atoms with Crippen LogP contribution in [0.5, 0.6) is 0 Å². The number of aliphatic carboxylic acids is 1. The number of benzene rings is 2. The minimum absolute atomic E-state index is 0.0553. The van der Waals surface area contributed by atoms with Gasteiger partial charge in [-0.15, -0.1) is 11.8 Å². The molecule has 0 amide bonds. The third-order valence-corrected chi connectivity index (χ3v) is 4.44. The highest BCUT2D eigenvalue weighted by Crippen LogP contribution is 2.37. The summed E-state index contributed by atoms with van der Waals surface area (Å²) >= 11 is 1.72. The fourth-order valence-corrected chi connectivity index (χ4v) is 3.07. The van der Waals surface area contributed by atoms with Gasteiger partial charge in [0, 0.05) is 4.90 Å². The van der Waals surface area contributed by atoms with Gasteiger partial charge in [-0.1, -0.05) is 36.4 Å². The molecular weight excluding hydrogens is 292 g/mol. The molecule has 3 rings (SSSR count). The van der Waals surface area contributed by atoms with Crippen molar-refractivity contribution < 1.29 is 9.90 Å². The Morgan fingerprint density at radius 1 is 1.09 bits per heavy atom. The second-order valence-electron chi connectivity index (χ2n) is 5.16. The molecule has 0 fully saturated rings. The zero-order chi connectivity index (χ0) is 15.5. The lowest BCUT2D eigenvalue weighted by molar-refractivity contribution is -0.135. The Balaban J connectivity index is 2.00. The third-order valence-electron chi connectivity index (χ3n) is 3.69. The van der Waals surface area contributed by atoms with Crippen LogP contribution in [0.1, 0.15) is 23.1 Å². The molecule has 2 nitrogen and oxygen atoms in total. The Kier molecular flexibility index (Phi) is 4.16. The zero-order valence-corrected chi connectivity index (χ0v) is 13.1. The Hall–Kier alpha value is -2.26. The highest BCUT2D eigenvalue weighted by molar-refractivity contribution is 7.98. The Morgan fingerprint density at radius 2 is 1.77 bits per heavy atom. The summed E-state index contributed by atoms with van der Waals surface area (Å²) in [5.41, 5.74) is 5.19. The van der Waals surface area contributed by atoms with Gasteiger partial charge in [-0.05, 0) is 58.4 Å². The molecule has 22 heavy (non-hydrogen) atoms. The standard InChI is InChI=1S/C19H16O2S/c1-22-16-8-6-13(7-9-16)10-14-11-15(12-19(20)21)18-5-3-2-4-17(14)18/h2-11H,12H2,1H3,(H,20,21)/b14-10-. The predicted molar refractivity (Wildman–Crippen MR) is 92.8 cm³/mol. The van der Waals surface area contributed by atoms with Crippen LogP contribution in [0.2, 0.25) is 0 Å². The highest BCUT2D eigenvalue weighted by atomic mass is 32.2. The molecule has 0 aliphatic heterocycles. The summed E-state index contributed by atoms with van der Waals surface area (Å²) < 4.78 is 0. The van der Waals surface area contributed by atoms with Gasteiger partial charge in [0.15, 0.2) is 0 Å². The maximum absolute atomic E-state index is 11.0. The maximum atomic E-state index is 11.0. The molecule has 0 unspecified atom stereocenters. The van der Waals surface area contributed by atoms with Crippen LogP contribution in [-0.4, -0.2) is 17.3 Å². The van der Waals surface area contributed by atoms with Crippen LogP contribution in [0.25, 0.3) is 17.2 Å². The van der Waals surface area contributed by atoms with Crippen LogP contribution in [0.15, 0.2) is 59.5 Å². The SMILES string of the molecule is CSc1ccc(/C=C2/C=C(CC(=O)O)c3ccccc32)cc1. The van der Waals surface area contributed by atoms with E-state index in [1.807, 2.05) is 30.3 Å². The topological polar surface area (TPSA) is 37.3 Å². The molecule has 0 aromatic heterocycles. The van der Waals surface area contributed by atoms with Crippen molar-refractivity contribution >= 4 is 35.0 Å². The highest BCUT2D eigenvalue weighted by Gasteiger charge is 2.19. The number of carbonyl (C=O) groups is 1. The zero-order valence-electron chi connectivity index (χ0n) is 12.2. The number of thioether (sulfide) groups is 1. The monoisotopic (exact) mass is 308 g/mol. The van der Waals surface area contributed by atoms with E-state index in [0.29, 0.717) is 0 Å². The first-order valence-corrected chi connectivity index (χ1v) is 8.28. The number of carboxylic acids is 1. The first kappa shape index (κ1) is 14.7. The number of hydrogen-bond acceptors (Lipinski definition) is 2. The van der Waals surface area contributed by atoms with Gasteiger partial charge >= 0.3 is 5.97 Å². The van der Waals surface area contributed by atoms with Crippen LogP contribution in [-0.2, 0) is 4.79 Å². The second kappa shape index (κ2) is 6.24. The van der Waals surface area contributed by atoms with Crippen molar-refractivity contribution in [3.05, 3.63) is 71.3 Å². The van der Waals surface area contributed by atoms with Crippen molar-refractivity contribution in [2.24, 2.45) is 0 Å². The van der Waals surface area contributed by atoms with Crippen molar-refractivity contribution in [3.63, 3.8) is 0 Å². The van der Waals surface area contributed by atoms with Crippen molar-refractivity contribution in [2.75, 3.05) is 6.26 Å². The molecule has 3 heteroatoms. The van der Waals surface area contributed by atoms with Gasteiger partial charge in [-0.2, -0.15) is 0 Å².